The fraction of sp³-hybridized carbons (Fsp3) is 0.136. The summed E-state index contributed by atoms with van der Waals surface area (Å²) in [5.74, 6) is 9.52. The fourth-order valence-corrected chi connectivity index (χ4v) is 2.40. The van der Waals surface area contributed by atoms with E-state index < -0.39 is 17.9 Å². The maximum absolute atomic E-state index is 12.2. The summed E-state index contributed by atoms with van der Waals surface area (Å²) >= 11 is 0. The van der Waals surface area contributed by atoms with Crippen molar-refractivity contribution in [2.75, 3.05) is 13.2 Å². The highest BCUT2D eigenvalue weighted by atomic mass is 16.5. The first-order valence-electron chi connectivity index (χ1n) is 9.13. The Balaban J connectivity index is 2.03. The van der Waals surface area contributed by atoms with Crippen molar-refractivity contribution in [3.05, 3.63) is 70.8 Å². The van der Waals surface area contributed by atoms with Crippen LogP contribution in [0.3, 0.4) is 0 Å². The molecule has 0 saturated heterocycles. The second-order valence-electron chi connectivity index (χ2n) is 6.11. The Kier molecular flexibility index (Phi) is 8.77. The monoisotopic (exact) mass is 419 g/mol. The van der Waals surface area contributed by atoms with Gasteiger partial charge < -0.3 is 22.1 Å². The fourth-order valence-electron chi connectivity index (χ4n) is 2.40. The van der Waals surface area contributed by atoms with E-state index in [9.17, 15) is 14.4 Å². The number of carbonyl (C=O) groups excluding carboxylic acids is 3. The lowest BCUT2D eigenvalue weighted by molar-refractivity contribution is -0.130. The van der Waals surface area contributed by atoms with Crippen molar-refractivity contribution in [2.24, 2.45) is 11.5 Å². The number of hydroxylamine groups is 1. The molecule has 2 aromatic rings. The normalized spacial score (nSPS) is 10.4. The van der Waals surface area contributed by atoms with Crippen molar-refractivity contribution in [3.63, 3.8) is 0 Å². The van der Waals surface area contributed by atoms with Crippen molar-refractivity contribution in [1.82, 2.24) is 16.1 Å². The van der Waals surface area contributed by atoms with Crippen LogP contribution in [0.2, 0.25) is 0 Å². The Morgan fingerprint density at radius 1 is 0.903 bits per heavy atom. The molecule has 2 aromatic carbocycles. The molecule has 8 N–H and O–H groups in total. The smallest absolute Gasteiger partial charge is 0.267 e. The number of carbonyl (C=O) groups is 3. The third-order valence-electron chi connectivity index (χ3n) is 3.98. The molecule has 0 saturated carbocycles. The lowest BCUT2D eigenvalue weighted by Gasteiger charge is -2.14. The van der Waals surface area contributed by atoms with Crippen LogP contribution in [0.5, 0.6) is 0 Å². The van der Waals surface area contributed by atoms with Crippen LogP contribution < -0.4 is 27.6 Å². The topological polar surface area (TPSA) is 160 Å². The standard InChI is InChI=1S/C22H21N5O4/c23-13-19(22(30)27-31)26-21(29)17-10-8-15(9-11-17)4-1-2-5-16-6-3-7-18(12-16)20(28)25-14-24/h3,6-12,19,31H,13-14,23-24H2,(H,25,28)(H,26,29)(H,27,30)/t19-/m0/s1. The molecule has 0 spiro atoms. The molecule has 0 heterocycles. The first-order chi connectivity index (χ1) is 15.0. The van der Waals surface area contributed by atoms with Crippen molar-refractivity contribution >= 4 is 17.7 Å². The number of hydrogen-bond acceptors (Lipinski definition) is 6. The van der Waals surface area contributed by atoms with E-state index in [1.165, 1.54) is 17.6 Å². The zero-order valence-electron chi connectivity index (χ0n) is 16.4. The van der Waals surface area contributed by atoms with E-state index >= 15 is 0 Å². The molecule has 0 aliphatic rings. The number of nitrogens with one attached hydrogen (secondary N) is 3. The molecule has 9 nitrogen and oxygen atoms in total. The van der Waals surface area contributed by atoms with E-state index in [1.807, 2.05) is 0 Å². The quantitative estimate of drug-likeness (QED) is 0.157. The van der Waals surface area contributed by atoms with E-state index in [0.717, 1.165) is 0 Å². The van der Waals surface area contributed by atoms with Gasteiger partial charge in [-0.15, -0.1) is 0 Å². The van der Waals surface area contributed by atoms with Gasteiger partial charge >= 0.3 is 0 Å². The third-order valence-corrected chi connectivity index (χ3v) is 3.98. The summed E-state index contributed by atoms with van der Waals surface area (Å²) in [6, 6.07) is 12.1. The highest BCUT2D eigenvalue weighted by molar-refractivity contribution is 5.97. The van der Waals surface area contributed by atoms with Gasteiger partial charge in [-0.05, 0) is 54.3 Å². The second kappa shape index (κ2) is 11.8. The van der Waals surface area contributed by atoms with Gasteiger partial charge in [0.2, 0.25) is 0 Å². The molecule has 31 heavy (non-hydrogen) atoms. The Morgan fingerprint density at radius 3 is 2.19 bits per heavy atom. The number of hydrogen-bond donors (Lipinski definition) is 6. The number of rotatable bonds is 6. The van der Waals surface area contributed by atoms with Crippen LogP contribution in [0, 0.1) is 23.7 Å². The molecule has 2 rings (SSSR count). The molecule has 1 atom stereocenters. The summed E-state index contributed by atoms with van der Waals surface area (Å²) in [6.07, 6.45) is 0. The maximum Gasteiger partial charge on any atom is 0.267 e. The summed E-state index contributed by atoms with van der Waals surface area (Å²) in [6.45, 7) is -0.118. The van der Waals surface area contributed by atoms with E-state index in [2.05, 4.69) is 34.3 Å². The van der Waals surface area contributed by atoms with E-state index in [0.29, 0.717) is 22.3 Å². The average molecular weight is 419 g/mol. The van der Waals surface area contributed by atoms with E-state index in [4.69, 9.17) is 16.7 Å². The largest absolute Gasteiger partial charge is 0.340 e. The summed E-state index contributed by atoms with van der Waals surface area (Å²) in [5, 5.41) is 13.6. The summed E-state index contributed by atoms with van der Waals surface area (Å²) < 4.78 is 0. The summed E-state index contributed by atoms with van der Waals surface area (Å²) in [5.41, 5.74) is 14.2. The highest BCUT2D eigenvalue weighted by Gasteiger charge is 2.19. The van der Waals surface area contributed by atoms with Crippen molar-refractivity contribution in [3.8, 4) is 23.7 Å². The Bertz CT molecular complexity index is 1070. The zero-order chi connectivity index (χ0) is 22.6. The van der Waals surface area contributed by atoms with Gasteiger partial charge in [0.15, 0.2) is 0 Å². The second-order valence-corrected chi connectivity index (χ2v) is 6.11. The van der Waals surface area contributed by atoms with Crippen LogP contribution in [-0.4, -0.2) is 42.2 Å². The van der Waals surface area contributed by atoms with Crippen LogP contribution in [-0.2, 0) is 4.79 Å². The molecule has 0 radical (unpaired) electrons. The van der Waals surface area contributed by atoms with Crippen LogP contribution in [0.15, 0.2) is 48.5 Å². The minimum atomic E-state index is -1.05. The number of benzene rings is 2. The van der Waals surface area contributed by atoms with Gasteiger partial charge in [-0.1, -0.05) is 17.9 Å². The molecule has 9 heteroatoms. The first kappa shape index (κ1) is 23.1. The van der Waals surface area contributed by atoms with Gasteiger partial charge in [-0.2, -0.15) is 0 Å². The average Bonchev–Trinajstić information content (AvgIpc) is 2.80. The van der Waals surface area contributed by atoms with Crippen LogP contribution in [0.25, 0.3) is 0 Å². The molecule has 0 bridgehead atoms. The predicted molar refractivity (Wildman–Crippen MR) is 113 cm³/mol. The summed E-state index contributed by atoms with van der Waals surface area (Å²) in [4.78, 5) is 35.3. The van der Waals surface area contributed by atoms with Crippen LogP contribution in [0.4, 0.5) is 0 Å². The molecular weight excluding hydrogens is 398 g/mol. The molecule has 3 amide bonds. The Labute approximate surface area is 179 Å². The minimum absolute atomic E-state index is 0.0479. The van der Waals surface area contributed by atoms with Gasteiger partial charge in [0.05, 0.1) is 6.67 Å². The maximum atomic E-state index is 12.2. The van der Waals surface area contributed by atoms with Gasteiger partial charge in [0, 0.05) is 28.8 Å². The summed E-state index contributed by atoms with van der Waals surface area (Å²) in [7, 11) is 0. The van der Waals surface area contributed by atoms with Crippen molar-refractivity contribution in [2.45, 2.75) is 6.04 Å². The van der Waals surface area contributed by atoms with Crippen molar-refractivity contribution < 1.29 is 19.6 Å². The highest BCUT2D eigenvalue weighted by Crippen LogP contribution is 2.05. The predicted octanol–water partition coefficient (Wildman–Crippen LogP) is -0.702. The lowest BCUT2D eigenvalue weighted by atomic mass is 10.1. The van der Waals surface area contributed by atoms with Gasteiger partial charge in [0.1, 0.15) is 6.04 Å². The van der Waals surface area contributed by atoms with Crippen LogP contribution >= 0.6 is 0 Å². The van der Waals surface area contributed by atoms with Gasteiger partial charge in [0.25, 0.3) is 17.7 Å². The number of nitrogens with two attached hydrogens (primary N) is 2. The molecular formula is C22H21N5O4. The molecule has 0 aliphatic carbocycles. The molecule has 0 aliphatic heterocycles. The Morgan fingerprint density at radius 2 is 1.58 bits per heavy atom. The SMILES string of the molecule is NCNC(=O)c1cccc(C#CC#Cc2ccc(C(=O)N[C@@H](CN)C(=O)NO)cc2)c1. The molecule has 0 fully saturated rings. The van der Waals surface area contributed by atoms with Gasteiger partial charge in [-0.25, -0.2) is 5.48 Å². The lowest BCUT2D eigenvalue weighted by Crippen LogP contribution is -2.50. The first-order valence-corrected chi connectivity index (χ1v) is 9.13. The van der Waals surface area contributed by atoms with Gasteiger partial charge in [-0.3, -0.25) is 19.6 Å². The third kappa shape index (κ3) is 6.99. The zero-order valence-corrected chi connectivity index (χ0v) is 16.4. The molecule has 0 unspecified atom stereocenters. The van der Waals surface area contributed by atoms with Crippen molar-refractivity contribution in [1.29, 1.82) is 0 Å². The van der Waals surface area contributed by atoms with Crippen LogP contribution in [0.1, 0.15) is 31.8 Å². The molecule has 0 aromatic heterocycles. The Hall–Kier alpha value is -4.15. The number of amides is 3. The van der Waals surface area contributed by atoms with E-state index in [-0.39, 0.29) is 19.1 Å². The molecule has 158 valence electrons. The van der Waals surface area contributed by atoms with E-state index in [1.54, 1.807) is 36.4 Å². The minimum Gasteiger partial charge on any atom is -0.340 e.